The lowest BCUT2D eigenvalue weighted by atomic mass is 10.1. The molecule has 0 rings (SSSR count). The molecule has 0 amide bonds. The third-order valence-corrected chi connectivity index (χ3v) is 5.72. The summed E-state index contributed by atoms with van der Waals surface area (Å²) in [6.07, 6.45) is 18.0. The van der Waals surface area contributed by atoms with E-state index in [2.05, 4.69) is 20.8 Å². The van der Waals surface area contributed by atoms with Gasteiger partial charge in [-0.1, -0.05) is 72.1 Å². The van der Waals surface area contributed by atoms with E-state index in [4.69, 9.17) is 0 Å². The SMILES string of the molecule is CCCC[N+](CCCC)(CCCC)CCCCCCCCCCC(=O)[O-]. The first-order valence-electron chi connectivity index (χ1n) is 11.6. The number of nitrogens with zero attached hydrogens (tertiary/aromatic N) is 1. The highest BCUT2D eigenvalue weighted by Gasteiger charge is 2.24. The monoisotopic (exact) mass is 369 g/mol. The summed E-state index contributed by atoms with van der Waals surface area (Å²) >= 11 is 0. The molecule has 0 aliphatic heterocycles. The molecule has 0 heterocycles. The number of unbranched alkanes of at least 4 members (excludes halogenated alkanes) is 10. The van der Waals surface area contributed by atoms with Gasteiger partial charge in [0.1, 0.15) is 0 Å². The molecule has 0 aliphatic rings. The Morgan fingerprint density at radius 1 is 0.577 bits per heavy atom. The van der Waals surface area contributed by atoms with Crippen LogP contribution in [0.15, 0.2) is 0 Å². The van der Waals surface area contributed by atoms with E-state index in [1.807, 2.05) is 0 Å². The van der Waals surface area contributed by atoms with Crippen LogP contribution >= 0.6 is 0 Å². The highest BCUT2D eigenvalue weighted by atomic mass is 16.4. The summed E-state index contributed by atoms with van der Waals surface area (Å²) in [6.45, 7) is 12.5. The molecule has 0 atom stereocenters. The molecule has 3 nitrogen and oxygen atoms in total. The Hall–Kier alpha value is -0.570. The van der Waals surface area contributed by atoms with E-state index in [0.29, 0.717) is 0 Å². The third kappa shape index (κ3) is 14.6. The van der Waals surface area contributed by atoms with Gasteiger partial charge in [-0.05, 0) is 44.9 Å². The number of rotatable bonds is 20. The van der Waals surface area contributed by atoms with Crippen molar-refractivity contribution in [3.8, 4) is 0 Å². The summed E-state index contributed by atoms with van der Waals surface area (Å²) in [5.74, 6) is -0.902. The fourth-order valence-corrected chi connectivity index (χ4v) is 3.93. The molecule has 0 spiro atoms. The zero-order chi connectivity index (χ0) is 19.5. The first-order chi connectivity index (χ1) is 12.6. The van der Waals surface area contributed by atoms with E-state index in [1.165, 1.54) is 108 Å². The molecule has 0 aromatic heterocycles. The molecule has 0 saturated carbocycles. The van der Waals surface area contributed by atoms with E-state index in [-0.39, 0.29) is 6.42 Å². The van der Waals surface area contributed by atoms with Crippen molar-refractivity contribution in [3.05, 3.63) is 0 Å². The van der Waals surface area contributed by atoms with Crippen molar-refractivity contribution in [2.75, 3.05) is 26.2 Å². The fraction of sp³-hybridized carbons (Fsp3) is 0.957. The van der Waals surface area contributed by atoms with Crippen LogP contribution < -0.4 is 5.11 Å². The van der Waals surface area contributed by atoms with E-state index < -0.39 is 5.97 Å². The van der Waals surface area contributed by atoms with Crippen LogP contribution in [0.1, 0.15) is 117 Å². The Kier molecular flexibility index (Phi) is 17.4. The topological polar surface area (TPSA) is 40.1 Å². The first kappa shape index (κ1) is 25.4. The Balaban J connectivity index is 4.00. The quantitative estimate of drug-likeness (QED) is 0.211. The molecule has 0 bridgehead atoms. The highest BCUT2D eigenvalue weighted by molar-refractivity contribution is 5.63. The molecule has 0 aliphatic carbocycles. The van der Waals surface area contributed by atoms with Crippen molar-refractivity contribution in [2.45, 2.75) is 117 Å². The summed E-state index contributed by atoms with van der Waals surface area (Å²) in [5.41, 5.74) is 0. The fourth-order valence-electron chi connectivity index (χ4n) is 3.93. The second-order valence-corrected chi connectivity index (χ2v) is 8.25. The molecule has 26 heavy (non-hydrogen) atoms. The van der Waals surface area contributed by atoms with Crippen molar-refractivity contribution in [1.82, 2.24) is 0 Å². The molecule has 0 unspecified atom stereocenters. The second-order valence-electron chi connectivity index (χ2n) is 8.25. The first-order valence-corrected chi connectivity index (χ1v) is 11.6. The normalized spacial score (nSPS) is 11.8. The summed E-state index contributed by atoms with van der Waals surface area (Å²) in [6, 6.07) is 0. The van der Waals surface area contributed by atoms with Gasteiger partial charge in [-0.25, -0.2) is 0 Å². The van der Waals surface area contributed by atoms with E-state index in [1.54, 1.807) is 0 Å². The standard InChI is InChI=1S/C23H47NO2/c1-4-7-19-24(20-8-5-2,21-9-6-3)22-17-15-13-11-10-12-14-16-18-23(25)26/h4-22H2,1-3H3. The number of quaternary nitrogens is 1. The van der Waals surface area contributed by atoms with Crippen molar-refractivity contribution in [2.24, 2.45) is 0 Å². The lowest BCUT2D eigenvalue weighted by Crippen LogP contribution is -2.50. The zero-order valence-electron chi connectivity index (χ0n) is 18.2. The number of carbonyl (C=O) groups excluding carboxylic acids is 1. The van der Waals surface area contributed by atoms with Crippen molar-refractivity contribution >= 4 is 5.97 Å². The molecule has 0 N–H and O–H groups in total. The van der Waals surface area contributed by atoms with E-state index in [9.17, 15) is 9.90 Å². The molecule has 0 saturated heterocycles. The maximum absolute atomic E-state index is 10.4. The minimum Gasteiger partial charge on any atom is -0.550 e. The molecule has 0 aromatic rings. The van der Waals surface area contributed by atoms with Gasteiger partial charge >= 0.3 is 0 Å². The number of carbonyl (C=O) groups is 1. The third-order valence-electron chi connectivity index (χ3n) is 5.72. The summed E-state index contributed by atoms with van der Waals surface area (Å²) < 4.78 is 1.37. The largest absolute Gasteiger partial charge is 0.550 e. The van der Waals surface area contributed by atoms with Gasteiger partial charge in [0.2, 0.25) is 0 Å². The lowest BCUT2D eigenvalue weighted by Gasteiger charge is -2.39. The van der Waals surface area contributed by atoms with Crippen LogP contribution in [-0.2, 0) is 4.79 Å². The van der Waals surface area contributed by atoms with Gasteiger partial charge in [0.15, 0.2) is 0 Å². The van der Waals surface area contributed by atoms with E-state index in [0.717, 1.165) is 12.8 Å². The number of aliphatic carboxylic acids is 1. The molecule has 0 aromatic carbocycles. The molecule has 0 radical (unpaired) electrons. The van der Waals surface area contributed by atoms with E-state index >= 15 is 0 Å². The molecular formula is C23H47NO2. The Bertz CT molecular complexity index is 296. The Morgan fingerprint density at radius 3 is 1.31 bits per heavy atom. The van der Waals surface area contributed by atoms with Gasteiger partial charge in [0, 0.05) is 5.97 Å². The van der Waals surface area contributed by atoms with Crippen LogP contribution in [0.5, 0.6) is 0 Å². The van der Waals surface area contributed by atoms with Gasteiger partial charge in [-0.3, -0.25) is 0 Å². The molecule has 3 heteroatoms. The Morgan fingerprint density at radius 2 is 0.923 bits per heavy atom. The van der Waals surface area contributed by atoms with Gasteiger partial charge in [-0.15, -0.1) is 0 Å². The van der Waals surface area contributed by atoms with Gasteiger partial charge in [0.05, 0.1) is 26.2 Å². The van der Waals surface area contributed by atoms with Crippen molar-refractivity contribution < 1.29 is 14.4 Å². The van der Waals surface area contributed by atoms with Gasteiger partial charge in [0.25, 0.3) is 0 Å². The van der Waals surface area contributed by atoms with Gasteiger partial charge < -0.3 is 14.4 Å². The number of carboxylic acid groups (broad SMARTS) is 1. The average Bonchev–Trinajstić information content (AvgIpc) is 2.63. The lowest BCUT2D eigenvalue weighted by molar-refractivity contribution is -0.929. The molecule has 0 fully saturated rings. The number of carboxylic acids is 1. The predicted octanol–water partition coefficient (Wildman–Crippen LogP) is 5.46. The van der Waals surface area contributed by atoms with Crippen LogP contribution in [0.3, 0.4) is 0 Å². The molecular weight excluding hydrogens is 322 g/mol. The zero-order valence-corrected chi connectivity index (χ0v) is 18.2. The van der Waals surface area contributed by atoms with Crippen LogP contribution in [0.2, 0.25) is 0 Å². The average molecular weight is 370 g/mol. The van der Waals surface area contributed by atoms with Crippen molar-refractivity contribution in [1.29, 1.82) is 0 Å². The molecule has 156 valence electrons. The maximum atomic E-state index is 10.4. The summed E-state index contributed by atoms with van der Waals surface area (Å²) in [4.78, 5) is 10.4. The number of hydrogen-bond donors (Lipinski definition) is 0. The number of hydrogen-bond acceptors (Lipinski definition) is 2. The summed E-state index contributed by atoms with van der Waals surface area (Å²) in [7, 11) is 0. The minimum absolute atomic E-state index is 0.229. The van der Waals surface area contributed by atoms with Crippen LogP contribution in [-0.4, -0.2) is 36.6 Å². The highest BCUT2D eigenvalue weighted by Crippen LogP contribution is 2.18. The minimum atomic E-state index is -0.902. The predicted molar refractivity (Wildman–Crippen MR) is 111 cm³/mol. The second kappa shape index (κ2) is 17.8. The smallest absolute Gasteiger partial charge is 0.0786 e. The maximum Gasteiger partial charge on any atom is 0.0786 e. The van der Waals surface area contributed by atoms with Crippen LogP contribution in [0.25, 0.3) is 0 Å². The Labute approximate surface area is 164 Å². The van der Waals surface area contributed by atoms with Gasteiger partial charge in [-0.2, -0.15) is 0 Å². The van der Waals surface area contributed by atoms with Crippen molar-refractivity contribution in [3.63, 3.8) is 0 Å². The van der Waals surface area contributed by atoms with Crippen LogP contribution in [0.4, 0.5) is 0 Å². The van der Waals surface area contributed by atoms with Crippen LogP contribution in [0, 0.1) is 0 Å². The summed E-state index contributed by atoms with van der Waals surface area (Å²) in [5, 5.41) is 10.4.